The lowest BCUT2D eigenvalue weighted by Crippen LogP contribution is -2.23. The second-order valence-corrected chi connectivity index (χ2v) is 4.97. The maximum atomic E-state index is 5.41. The zero-order chi connectivity index (χ0) is 14.4. The van der Waals surface area contributed by atoms with Crippen LogP contribution in [0.2, 0.25) is 0 Å². The highest BCUT2D eigenvalue weighted by Crippen LogP contribution is 2.24. The minimum atomic E-state index is 0.453. The van der Waals surface area contributed by atoms with E-state index in [9.17, 15) is 0 Å². The monoisotopic (exact) mass is 280 g/mol. The van der Waals surface area contributed by atoms with E-state index in [2.05, 4.69) is 20.2 Å². The largest absolute Gasteiger partial charge is 0.384 e. The first-order valence-electron chi connectivity index (χ1n) is 7.14. The van der Waals surface area contributed by atoms with Crippen molar-refractivity contribution in [3.05, 3.63) is 11.9 Å². The number of ether oxygens (including phenoxy) is 2. The highest BCUT2D eigenvalue weighted by molar-refractivity contribution is 5.49. The Balaban J connectivity index is 2.10. The Labute approximate surface area is 120 Å². The van der Waals surface area contributed by atoms with Crippen molar-refractivity contribution in [1.29, 1.82) is 0 Å². The fourth-order valence-electron chi connectivity index (χ4n) is 2.44. The maximum absolute atomic E-state index is 5.41. The Bertz CT molecular complexity index is 428. The SMILES string of the molecule is CCOCc1nc(NC)cc(N2CCC(COC)C2)n1. The van der Waals surface area contributed by atoms with Gasteiger partial charge in [0.25, 0.3) is 0 Å². The minimum Gasteiger partial charge on any atom is -0.384 e. The molecule has 1 aliphatic heterocycles. The van der Waals surface area contributed by atoms with Crippen LogP contribution in [-0.4, -0.2) is 50.4 Å². The molecule has 6 nitrogen and oxygen atoms in total. The molecule has 0 saturated carbocycles. The van der Waals surface area contributed by atoms with Gasteiger partial charge >= 0.3 is 0 Å². The molecule has 1 atom stereocenters. The third kappa shape index (κ3) is 3.80. The van der Waals surface area contributed by atoms with Crippen LogP contribution in [0.25, 0.3) is 0 Å². The van der Waals surface area contributed by atoms with Gasteiger partial charge in [0.15, 0.2) is 5.82 Å². The predicted molar refractivity (Wildman–Crippen MR) is 79.1 cm³/mol. The van der Waals surface area contributed by atoms with Crippen LogP contribution < -0.4 is 10.2 Å². The van der Waals surface area contributed by atoms with E-state index >= 15 is 0 Å². The van der Waals surface area contributed by atoms with Crippen molar-refractivity contribution in [2.45, 2.75) is 20.0 Å². The first kappa shape index (κ1) is 15.0. The quantitative estimate of drug-likeness (QED) is 0.817. The van der Waals surface area contributed by atoms with Gasteiger partial charge in [-0.3, -0.25) is 0 Å². The molecule has 1 aliphatic rings. The van der Waals surface area contributed by atoms with Gasteiger partial charge in [0.2, 0.25) is 0 Å². The van der Waals surface area contributed by atoms with Crippen LogP contribution in [0.5, 0.6) is 0 Å². The van der Waals surface area contributed by atoms with E-state index in [1.165, 1.54) is 0 Å². The lowest BCUT2D eigenvalue weighted by molar-refractivity contribution is 0.128. The van der Waals surface area contributed by atoms with E-state index in [1.54, 1.807) is 7.11 Å². The fourth-order valence-corrected chi connectivity index (χ4v) is 2.44. The third-order valence-corrected chi connectivity index (χ3v) is 3.46. The number of nitrogens with zero attached hydrogens (tertiary/aromatic N) is 3. The minimum absolute atomic E-state index is 0.453. The first-order valence-corrected chi connectivity index (χ1v) is 7.14. The van der Waals surface area contributed by atoms with E-state index in [4.69, 9.17) is 9.47 Å². The molecule has 1 saturated heterocycles. The summed E-state index contributed by atoms with van der Waals surface area (Å²) in [6.07, 6.45) is 1.15. The van der Waals surface area contributed by atoms with Gasteiger partial charge in [-0.2, -0.15) is 0 Å². The summed E-state index contributed by atoms with van der Waals surface area (Å²) in [5.74, 6) is 3.12. The summed E-state index contributed by atoms with van der Waals surface area (Å²) in [5.41, 5.74) is 0. The number of aromatic nitrogens is 2. The van der Waals surface area contributed by atoms with E-state index in [0.717, 1.165) is 43.6 Å². The number of hydrogen-bond acceptors (Lipinski definition) is 6. The molecule has 2 heterocycles. The highest BCUT2D eigenvalue weighted by Gasteiger charge is 2.24. The summed E-state index contributed by atoms with van der Waals surface area (Å²) in [7, 11) is 3.63. The van der Waals surface area contributed by atoms with Gasteiger partial charge < -0.3 is 19.7 Å². The zero-order valence-electron chi connectivity index (χ0n) is 12.6. The lowest BCUT2D eigenvalue weighted by Gasteiger charge is -2.19. The van der Waals surface area contributed by atoms with Gasteiger partial charge in [-0.15, -0.1) is 0 Å². The van der Waals surface area contributed by atoms with Gasteiger partial charge in [-0.1, -0.05) is 0 Å². The molecule has 6 heteroatoms. The molecule has 0 radical (unpaired) electrons. The molecule has 1 N–H and O–H groups in total. The second kappa shape index (κ2) is 7.40. The molecule has 0 aromatic carbocycles. The molecule has 1 aromatic heterocycles. The summed E-state index contributed by atoms with van der Waals surface area (Å²) >= 11 is 0. The number of rotatable bonds is 7. The molecule has 0 bridgehead atoms. The Hall–Kier alpha value is -1.40. The van der Waals surface area contributed by atoms with Crippen molar-refractivity contribution in [3.63, 3.8) is 0 Å². The molecular weight excluding hydrogens is 256 g/mol. The van der Waals surface area contributed by atoms with Crippen molar-refractivity contribution >= 4 is 11.6 Å². The Kier molecular flexibility index (Phi) is 5.55. The number of methoxy groups -OCH3 is 1. The van der Waals surface area contributed by atoms with Crippen molar-refractivity contribution in [2.24, 2.45) is 5.92 Å². The molecule has 1 aromatic rings. The van der Waals surface area contributed by atoms with Crippen LogP contribution in [0.4, 0.5) is 11.6 Å². The molecule has 1 fully saturated rings. The second-order valence-electron chi connectivity index (χ2n) is 4.97. The Morgan fingerprint density at radius 2 is 2.30 bits per heavy atom. The standard InChI is InChI=1S/C14H24N4O2/c1-4-20-10-13-16-12(15-2)7-14(17-13)18-6-5-11(8-18)9-19-3/h7,11H,4-6,8-10H2,1-3H3,(H,15,16,17). The molecule has 112 valence electrons. The van der Waals surface area contributed by atoms with Crippen LogP contribution >= 0.6 is 0 Å². The molecule has 20 heavy (non-hydrogen) atoms. The summed E-state index contributed by atoms with van der Waals surface area (Å²) in [6, 6.07) is 1.99. The topological polar surface area (TPSA) is 59.5 Å². The van der Waals surface area contributed by atoms with Gasteiger partial charge in [0, 0.05) is 45.8 Å². The van der Waals surface area contributed by atoms with Crippen LogP contribution in [-0.2, 0) is 16.1 Å². The van der Waals surface area contributed by atoms with Crippen LogP contribution in [0.1, 0.15) is 19.2 Å². The molecule has 0 spiro atoms. The normalized spacial score (nSPS) is 18.6. The highest BCUT2D eigenvalue weighted by atomic mass is 16.5. The zero-order valence-corrected chi connectivity index (χ0v) is 12.6. The van der Waals surface area contributed by atoms with Crippen molar-refractivity contribution in [3.8, 4) is 0 Å². The average Bonchev–Trinajstić information content (AvgIpc) is 2.94. The smallest absolute Gasteiger partial charge is 0.158 e. The van der Waals surface area contributed by atoms with Gasteiger partial charge in [-0.25, -0.2) is 9.97 Å². The van der Waals surface area contributed by atoms with Crippen molar-refractivity contribution in [1.82, 2.24) is 9.97 Å². The Morgan fingerprint density at radius 1 is 1.45 bits per heavy atom. The van der Waals surface area contributed by atoms with E-state index in [0.29, 0.717) is 19.1 Å². The lowest BCUT2D eigenvalue weighted by atomic mass is 10.1. The Morgan fingerprint density at radius 3 is 3.00 bits per heavy atom. The molecule has 0 aliphatic carbocycles. The van der Waals surface area contributed by atoms with Crippen LogP contribution in [0.3, 0.4) is 0 Å². The fraction of sp³-hybridized carbons (Fsp3) is 0.714. The van der Waals surface area contributed by atoms with E-state index in [1.807, 2.05) is 20.0 Å². The summed E-state index contributed by atoms with van der Waals surface area (Å²) < 4.78 is 10.6. The predicted octanol–water partition coefficient (Wildman–Crippen LogP) is 1.53. The maximum Gasteiger partial charge on any atom is 0.158 e. The van der Waals surface area contributed by atoms with Crippen LogP contribution in [0.15, 0.2) is 6.07 Å². The molecule has 0 amide bonds. The molecule has 2 rings (SSSR count). The number of nitrogens with one attached hydrogen (secondary N) is 1. The van der Waals surface area contributed by atoms with E-state index in [-0.39, 0.29) is 0 Å². The summed E-state index contributed by atoms with van der Waals surface area (Å²) in [6.45, 7) is 5.91. The molecular formula is C14H24N4O2. The third-order valence-electron chi connectivity index (χ3n) is 3.46. The number of anilines is 2. The van der Waals surface area contributed by atoms with Crippen LogP contribution in [0, 0.1) is 5.92 Å². The number of hydrogen-bond donors (Lipinski definition) is 1. The molecule has 1 unspecified atom stereocenters. The summed E-state index contributed by atoms with van der Waals surface area (Å²) in [4.78, 5) is 11.3. The average molecular weight is 280 g/mol. The van der Waals surface area contributed by atoms with E-state index < -0.39 is 0 Å². The summed E-state index contributed by atoms with van der Waals surface area (Å²) in [5, 5.41) is 3.09. The van der Waals surface area contributed by atoms with Gasteiger partial charge in [-0.05, 0) is 13.3 Å². The van der Waals surface area contributed by atoms with Gasteiger partial charge in [0.05, 0.1) is 6.61 Å². The first-order chi connectivity index (χ1) is 9.76. The van der Waals surface area contributed by atoms with Gasteiger partial charge in [0.1, 0.15) is 18.2 Å². The van der Waals surface area contributed by atoms with Crippen molar-refractivity contribution < 1.29 is 9.47 Å². The van der Waals surface area contributed by atoms with Crippen molar-refractivity contribution in [2.75, 3.05) is 50.7 Å².